The van der Waals surface area contributed by atoms with Gasteiger partial charge in [-0.3, -0.25) is 5.10 Å². The fourth-order valence-corrected chi connectivity index (χ4v) is 3.88. The fraction of sp³-hybridized carbons (Fsp3) is 0.0870. The number of aromatic nitrogens is 4. The summed E-state index contributed by atoms with van der Waals surface area (Å²) in [6, 6.07) is 22.2. The summed E-state index contributed by atoms with van der Waals surface area (Å²) < 4.78 is 5.64. The molecule has 0 bridgehead atoms. The second-order valence-electron chi connectivity index (χ2n) is 7.09. The van der Waals surface area contributed by atoms with Crippen LogP contribution in [0, 0.1) is 0 Å². The predicted octanol–water partition coefficient (Wildman–Crippen LogP) is 4.95. The first-order valence-corrected chi connectivity index (χ1v) is 9.52. The quantitative estimate of drug-likeness (QED) is 0.464. The van der Waals surface area contributed by atoms with E-state index in [0.29, 0.717) is 19.0 Å². The van der Waals surface area contributed by atoms with E-state index >= 15 is 0 Å². The Morgan fingerprint density at radius 3 is 2.62 bits per heavy atom. The Morgan fingerprint density at radius 1 is 0.793 bits per heavy atom. The molecule has 1 aliphatic heterocycles. The third-order valence-electron chi connectivity index (χ3n) is 5.33. The van der Waals surface area contributed by atoms with Crippen molar-refractivity contribution in [1.29, 1.82) is 0 Å². The maximum Gasteiger partial charge on any atom is 0.162 e. The first-order chi connectivity index (χ1) is 14.4. The molecule has 3 aromatic carbocycles. The van der Waals surface area contributed by atoms with Crippen LogP contribution >= 0.6 is 0 Å². The van der Waals surface area contributed by atoms with E-state index in [9.17, 15) is 0 Å². The number of H-pyrrole nitrogens is 1. The molecule has 29 heavy (non-hydrogen) atoms. The van der Waals surface area contributed by atoms with Gasteiger partial charge >= 0.3 is 0 Å². The highest BCUT2D eigenvalue weighted by molar-refractivity contribution is 5.96. The van der Waals surface area contributed by atoms with E-state index in [2.05, 4.69) is 27.6 Å². The molecule has 0 fully saturated rings. The lowest BCUT2D eigenvalue weighted by atomic mass is 10.0. The lowest BCUT2D eigenvalue weighted by molar-refractivity contribution is 0.134. The number of benzene rings is 3. The van der Waals surface area contributed by atoms with E-state index in [1.807, 2.05) is 54.6 Å². The fourth-order valence-electron chi connectivity index (χ4n) is 3.88. The second kappa shape index (κ2) is 6.39. The molecule has 0 radical (unpaired) electrons. The lowest BCUT2D eigenvalue weighted by Crippen LogP contribution is -2.01. The van der Waals surface area contributed by atoms with Crippen molar-refractivity contribution >= 4 is 33.4 Å². The zero-order chi connectivity index (χ0) is 19.2. The van der Waals surface area contributed by atoms with Gasteiger partial charge in [0.15, 0.2) is 11.6 Å². The minimum absolute atomic E-state index is 0.592. The van der Waals surface area contributed by atoms with Crippen molar-refractivity contribution < 1.29 is 4.74 Å². The molecule has 0 unspecified atom stereocenters. The van der Waals surface area contributed by atoms with Gasteiger partial charge in [0.1, 0.15) is 5.82 Å². The number of aromatic amines is 1. The van der Waals surface area contributed by atoms with Gasteiger partial charge in [0.05, 0.1) is 24.2 Å². The summed E-state index contributed by atoms with van der Waals surface area (Å²) in [6.45, 7) is 1.23. The number of nitrogens with one attached hydrogen (secondary N) is 2. The van der Waals surface area contributed by atoms with Crippen LogP contribution in [0.1, 0.15) is 11.1 Å². The summed E-state index contributed by atoms with van der Waals surface area (Å²) in [4.78, 5) is 9.74. The third kappa shape index (κ3) is 2.65. The molecule has 0 amide bonds. The molecule has 0 atom stereocenters. The molecule has 6 heteroatoms. The number of fused-ring (bicyclic) bond motifs is 3. The van der Waals surface area contributed by atoms with Crippen LogP contribution in [-0.4, -0.2) is 20.2 Å². The van der Waals surface area contributed by atoms with Gasteiger partial charge in [0.25, 0.3) is 0 Å². The van der Waals surface area contributed by atoms with Crippen molar-refractivity contribution in [3.8, 4) is 11.4 Å². The van der Waals surface area contributed by atoms with E-state index in [1.165, 1.54) is 11.1 Å². The summed E-state index contributed by atoms with van der Waals surface area (Å²) in [5.41, 5.74) is 5.25. The zero-order valence-corrected chi connectivity index (χ0v) is 15.5. The van der Waals surface area contributed by atoms with Crippen LogP contribution in [0.4, 0.5) is 11.6 Å². The van der Waals surface area contributed by atoms with Crippen LogP contribution in [-0.2, 0) is 18.0 Å². The van der Waals surface area contributed by atoms with Gasteiger partial charge in [-0.05, 0) is 35.4 Å². The Hall–Kier alpha value is -3.77. The molecule has 2 aromatic heterocycles. The third-order valence-corrected chi connectivity index (χ3v) is 5.33. The van der Waals surface area contributed by atoms with Crippen LogP contribution in [0.3, 0.4) is 0 Å². The second-order valence-corrected chi connectivity index (χ2v) is 7.09. The molecule has 3 heterocycles. The van der Waals surface area contributed by atoms with Crippen molar-refractivity contribution in [3.05, 3.63) is 77.9 Å². The average Bonchev–Trinajstić information content (AvgIpc) is 3.41. The molecule has 0 saturated heterocycles. The number of rotatable bonds is 3. The maximum atomic E-state index is 5.64. The number of hydrogen-bond acceptors (Lipinski definition) is 5. The first kappa shape index (κ1) is 16.2. The maximum absolute atomic E-state index is 5.64. The van der Waals surface area contributed by atoms with E-state index in [-0.39, 0.29) is 0 Å². The molecule has 6 nitrogen and oxygen atoms in total. The Morgan fingerprint density at radius 2 is 1.66 bits per heavy atom. The molecule has 0 saturated carbocycles. The topological polar surface area (TPSA) is 75.7 Å². The number of ether oxygens (including phenoxy) is 1. The molecular formula is C23H17N5O. The summed E-state index contributed by atoms with van der Waals surface area (Å²) in [6.07, 6.45) is 0. The smallest absolute Gasteiger partial charge is 0.162 e. The molecular weight excluding hydrogens is 362 g/mol. The number of nitrogens with zero attached hydrogens (tertiary/aromatic N) is 3. The van der Waals surface area contributed by atoms with E-state index in [0.717, 1.165) is 39.0 Å². The average molecular weight is 379 g/mol. The van der Waals surface area contributed by atoms with Crippen LogP contribution in [0.2, 0.25) is 0 Å². The molecule has 5 aromatic rings. The largest absolute Gasteiger partial charge is 0.372 e. The molecule has 140 valence electrons. The molecule has 2 N–H and O–H groups in total. The van der Waals surface area contributed by atoms with Crippen LogP contribution in [0.15, 0.2) is 66.7 Å². The van der Waals surface area contributed by atoms with Gasteiger partial charge in [-0.15, -0.1) is 0 Å². The van der Waals surface area contributed by atoms with Crippen LogP contribution in [0.25, 0.3) is 33.2 Å². The Kier molecular flexibility index (Phi) is 3.57. The van der Waals surface area contributed by atoms with E-state index in [1.54, 1.807) is 0 Å². The van der Waals surface area contributed by atoms with Gasteiger partial charge in [0.2, 0.25) is 0 Å². The highest BCUT2D eigenvalue weighted by atomic mass is 16.5. The number of para-hydroxylation sites is 2. The summed E-state index contributed by atoms with van der Waals surface area (Å²) in [5, 5.41) is 12.9. The number of hydrogen-bond donors (Lipinski definition) is 2. The predicted molar refractivity (Wildman–Crippen MR) is 113 cm³/mol. The van der Waals surface area contributed by atoms with Crippen molar-refractivity contribution in [2.75, 3.05) is 5.32 Å². The highest BCUT2D eigenvalue weighted by Crippen LogP contribution is 2.33. The first-order valence-electron chi connectivity index (χ1n) is 9.52. The Labute approximate surface area is 166 Å². The van der Waals surface area contributed by atoms with Crippen molar-refractivity contribution in [2.24, 2.45) is 0 Å². The van der Waals surface area contributed by atoms with Crippen molar-refractivity contribution in [3.63, 3.8) is 0 Å². The SMILES string of the molecule is c1cc2c(c(-c3nc(Nc4n[nH]c5ccccc45)c4ccccc4n3)c1)COC2. The lowest BCUT2D eigenvalue weighted by Gasteiger charge is -2.11. The van der Waals surface area contributed by atoms with Gasteiger partial charge in [-0.1, -0.05) is 42.5 Å². The number of anilines is 2. The summed E-state index contributed by atoms with van der Waals surface area (Å²) >= 11 is 0. The van der Waals surface area contributed by atoms with Gasteiger partial charge in [-0.25, -0.2) is 9.97 Å². The molecule has 1 aliphatic rings. The molecule has 6 rings (SSSR count). The molecule has 0 spiro atoms. The van der Waals surface area contributed by atoms with Gasteiger partial charge < -0.3 is 10.1 Å². The monoisotopic (exact) mass is 379 g/mol. The van der Waals surface area contributed by atoms with Crippen LogP contribution < -0.4 is 5.32 Å². The minimum Gasteiger partial charge on any atom is -0.372 e. The Bertz CT molecular complexity index is 1370. The van der Waals surface area contributed by atoms with E-state index < -0.39 is 0 Å². The van der Waals surface area contributed by atoms with Crippen molar-refractivity contribution in [2.45, 2.75) is 13.2 Å². The van der Waals surface area contributed by atoms with E-state index in [4.69, 9.17) is 14.7 Å². The highest BCUT2D eigenvalue weighted by Gasteiger charge is 2.19. The standard InChI is InChI=1S/C23H17N5O/c1-3-10-19-16(7-1)22(26-23-17-8-2-4-11-20(17)27-28-23)25-21(24-19)15-9-5-6-14-12-29-13-18(14)15/h1-11H,12-13H2,(H2,24,25,26,27,28). The Balaban J connectivity index is 1.54. The normalized spacial score (nSPS) is 13.1. The summed E-state index contributed by atoms with van der Waals surface area (Å²) in [5.74, 6) is 2.17. The van der Waals surface area contributed by atoms with Crippen molar-refractivity contribution in [1.82, 2.24) is 20.2 Å². The van der Waals surface area contributed by atoms with Gasteiger partial charge in [0, 0.05) is 16.3 Å². The minimum atomic E-state index is 0.592. The van der Waals surface area contributed by atoms with Crippen LogP contribution in [0.5, 0.6) is 0 Å². The molecule has 0 aliphatic carbocycles. The zero-order valence-electron chi connectivity index (χ0n) is 15.5. The summed E-state index contributed by atoms with van der Waals surface area (Å²) in [7, 11) is 0. The van der Waals surface area contributed by atoms with Gasteiger partial charge in [-0.2, -0.15) is 5.10 Å².